The Morgan fingerprint density at radius 3 is 2.00 bits per heavy atom. The molecule has 0 radical (unpaired) electrons. The van der Waals surface area contributed by atoms with E-state index < -0.39 is 0 Å². The zero-order chi connectivity index (χ0) is 17.6. The Morgan fingerprint density at radius 1 is 0.760 bits per heavy atom. The molecule has 0 unspecified atom stereocenters. The van der Waals surface area contributed by atoms with Crippen LogP contribution in [0.5, 0.6) is 0 Å². The molecule has 1 heterocycles. The Hall–Kier alpha value is -2.48. The molecule has 25 heavy (non-hydrogen) atoms. The van der Waals surface area contributed by atoms with Crippen molar-refractivity contribution in [3.05, 3.63) is 77.7 Å². The smallest absolute Gasteiger partial charge is 0.131 e. The number of aryl methyl sites for hydroxylation is 2. The van der Waals surface area contributed by atoms with Gasteiger partial charge in [-0.2, -0.15) is 0 Å². The maximum absolute atomic E-state index is 14.4. The minimum absolute atomic E-state index is 0.152. The predicted molar refractivity (Wildman–Crippen MR) is 103 cm³/mol. The van der Waals surface area contributed by atoms with Gasteiger partial charge in [0, 0.05) is 17.3 Å². The number of rotatable bonds is 6. The average Bonchev–Trinajstić information content (AvgIpc) is 2.63. The molecule has 2 heteroatoms. The first-order valence-corrected chi connectivity index (χ1v) is 9.05. The molecule has 0 bridgehead atoms. The normalized spacial score (nSPS) is 10.8. The van der Waals surface area contributed by atoms with Crippen molar-refractivity contribution >= 4 is 0 Å². The van der Waals surface area contributed by atoms with E-state index in [1.54, 1.807) is 6.07 Å². The standard InChI is InChI=1S/C23H24FN/c1-3-5-17-7-13-21(22(24)15-17)19-9-11-20(12-10-19)23-14-8-18(6-4-2)16-25-23/h7-16H,3-6H2,1-2H3. The number of nitrogens with zero attached hydrogens (tertiary/aromatic N) is 1. The van der Waals surface area contributed by atoms with Gasteiger partial charge in [-0.25, -0.2) is 4.39 Å². The third-order valence-electron chi connectivity index (χ3n) is 4.43. The van der Waals surface area contributed by atoms with E-state index in [0.717, 1.165) is 48.1 Å². The molecule has 2 aromatic carbocycles. The largest absolute Gasteiger partial charge is 0.256 e. The highest BCUT2D eigenvalue weighted by Gasteiger charge is 2.07. The Kier molecular flexibility index (Phi) is 5.60. The average molecular weight is 333 g/mol. The highest BCUT2D eigenvalue weighted by atomic mass is 19.1. The molecular weight excluding hydrogens is 309 g/mol. The van der Waals surface area contributed by atoms with E-state index in [1.807, 2.05) is 42.6 Å². The number of aromatic nitrogens is 1. The summed E-state index contributed by atoms with van der Waals surface area (Å²) in [6.07, 6.45) is 6.06. The molecule has 0 saturated heterocycles. The van der Waals surface area contributed by atoms with Gasteiger partial charge in [0.05, 0.1) is 5.69 Å². The van der Waals surface area contributed by atoms with E-state index >= 15 is 0 Å². The Balaban J connectivity index is 1.82. The van der Waals surface area contributed by atoms with Crippen molar-refractivity contribution < 1.29 is 4.39 Å². The molecule has 0 amide bonds. The minimum atomic E-state index is -0.152. The molecule has 0 atom stereocenters. The number of benzene rings is 2. The first-order chi connectivity index (χ1) is 12.2. The second-order valence-electron chi connectivity index (χ2n) is 6.44. The molecule has 0 saturated carbocycles. The van der Waals surface area contributed by atoms with Gasteiger partial charge in [-0.3, -0.25) is 4.98 Å². The summed E-state index contributed by atoms with van der Waals surface area (Å²) in [6, 6.07) is 17.7. The topological polar surface area (TPSA) is 12.9 Å². The number of hydrogen-bond donors (Lipinski definition) is 0. The van der Waals surface area contributed by atoms with Crippen molar-refractivity contribution in [1.82, 2.24) is 4.98 Å². The van der Waals surface area contributed by atoms with E-state index in [0.29, 0.717) is 5.56 Å². The highest BCUT2D eigenvalue weighted by molar-refractivity contribution is 5.69. The molecule has 128 valence electrons. The van der Waals surface area contributed by atoms with Gasteiger partial charge < -0.3 is 0 Å². The SMILES string of the molecule is CCCc1ccc(-c2ccc(-c3ccc(CCC)cc3F)cc2)nc1. The van der Waals surface area contributed by atoms with Crippen LogP contribution in [0.1, 0.15) is 37.8 Å². The van der Waals surface area contributed by atoms with Gasteiger partial charge in [0.2, 0.25) is 0 Å². The fourth-order valence-electron chi connectivity index (χ4n) is 3.09. The summed E-state index contributed by atoms with van der Waals surface area (Å²) < 4.78 is 14.4. The quantitative estimate of drug-likeness (QED) is 0.504. The molecule has 0 aliphatic carbocycles. The summed E-state index contributed by atoms with van der Waals surface area (Å²) in [6.45, 7) is 4.27. The molecule has 0 aliphatic heterocycles. The van der Waals surface area contributed by atoms with Crippen molar-refractivity contribution in [2.24, 2.45) is 0 Å². The lowest BCUT2D eigenvalue weighted by molar-refractivity contribution is 0.628. The monoisotopic (exact) mass is 333 g/mol. The zero-order valence-electron chi connectivity index (χ0n) is 14.9. The van der Waals surface area contributed by atoms with Crippen LogP contribution in [0.15, 0.2) is 60.8 Å². The summed E-state index contributed by atoms with van der Waals surface area (Å²) >= 11 is 0. The van der Waals surface area contributed by atoms with Gasteiger partial charge >= 0.3 is 0 Å². The third-order valence-corrected chi connectivity index (χ3v) is 4.43. The number of halogens is 1. The summed E-state index contributed by atoms with van der Waals surface area (Å²) in [5.74, 6) is -0.152. The molecule has 0 aliphatic rings. The van der Waals surface area contributed by atoms with Crippen LogP contribution in [0.25, 0.3) is 22.4 Å². The van der Waals surface area contributed by atoms with Crippen LogP contribution in [0.3, 0.4) is 0 Å². The lowest BCUT2D eigenvalue weighted by Gasteiger charge is -2.08. The first kappa shape index (κ1) is 17.3. The van der Waals surface area contributed by atoms with Crippen LogP contribution in [0.4, 0.5) is 4.39 Å². The van der Waals surface area contributed by atoms with E-state index in [4.69, 9.17) is 0 Å². The molecule has 0 spiro atoms. The molecule has 3 rings (SSSR count). The Morgan fingerprint density at radius 2 is 1.40 bits per heavy atom. The van der Waals surface area contributed by atoms with Crippen LogP contribution < -0.4 is 0 Å². The fourth-order valence-corrected chi connectivity index (χ4v) is 3.09. The van der Waals surface area contributed by atoms with Crippen molar-refractivity contribution in [2.45, 2.75) is 39.5 Å². The minimum Gasteiger partial charge on any atom is -0.256 e. The Labute approximate surface area is 149 Å². The van der Waals surface area contributed by atoms with Gasteiger partial charge in [-0.15, -0.1) is 0 Å². The lowest BCUT2D eigenvalue weighted by Crippen LogP contribution is -1.90. The zero-order valence-corrected chi connectivity index (χ0v) is 14.9. The van der Waals surface area contributed by atoms with Crippen molar-refractivity contribution in [1.29, 1.82) is 0 Å². The molecule has 0 N–H and O–H groups in total. The van der Waals surface area contributed by atoms with Gasteiger partial charge in [-0.05, 0) is 41.7 Å². The number of pyridine rings is 1. The van der Waals surface area contributed by atoms with Crippen molar-refractivity contribution in [2.75, 3.05) is 0 Å². The number of hydrogen-bond acceptors (Lipinski definition) is 1. The summed E-state index contributed by atoms with van der Waals surface area (Å²) in [7, 11) is 0. The third kappa shape index (κ3) is 4.14. The van der Waals surface area contributed by atoms with Crippen LogP contribution in [-0.4, -0.2) is 4.98 Å². The second kappa shape index (κ2) is 8.06. The van der Waals surface area contributed by atoms with Crippen LogP contribution in [0, 0.1) is 5.82 Å². The summed E-state index contributed by atoms with van der Waals surface area (Å²) in [5.41, 5.74) is 5.86. The van der Waals surface area contributed by atoms with Crippen molar-refractivity contribution in [3.8, 4) is 22.4 Å². The molecule has 1 aromatic heterocycles. The summed E-state index contributed by atoms with van der Waals surface area (Å²) in [4.78, 5) is 4.55. The highest BCUT2D eigenvalue weighted by Crippen LogP contribution is 2.27. The second-order valence-corrected chi connectivity index (χ2v) is 6.44. The van der Waals surface area contributed by atoms with Gasteiger partial charge in [0.15, 0.2) is 0 Å². The van der Waals surface area contributed by atoms with Gasteiger partial charge in [-0.1, -0.05) is 69.2 Å². The molecular formula is C23H24FN. The van der Waals surface area contributed by atoms with Gasteiger partial charge in [0.25, 0.3) is 0 Å². The van der Waals surface area contributed by atoms with Crippen LogP contribution in [-0.2, 0) is 12.8 Å². The molecule has 3 aromatic rings. The van der Waals surface area contributed by atoms with E-state index in [2.05, 4.69) is 31.0 Å². The first-order valence-electron chi connectivity index (χ1n) is 9.05. The summed E-state index contributed by atoms with van der Waals surface area (Å²) in [5, 5.41) is 0. The van der Waals surface area contributed by atoms with Crippen LogP contribution >= 0.6 is 0 Å². The molecule has 1 nitrogen and oxygen atoms in total. The van der Waals surface area contributed by atoms with E-state index in [1.165, 1.54) is 5.56 Å². The maximum Gasteiger partial charge on any atom is 0.131 e. The fraction of sp³-hybridized carbons (Fsp3) is 0.261. The van der Waals surface area contributed by atoms with Gasteiger partial charge in [0.1, 0.15) is 5.82 Å². The Bertz CT molecular complexity index is 820. The maximum atomic E-state index is 14.4. The van der Waals surface area contributed by atoms with Crippen LogP contribution in [0.2, 0.25) is 0 Å². The van der Waals surface area contributed by atoms with E-state index in [9.17, 15) is 4.39 Å². The lowest BCUT2D eigenvalue weighted by atomic mass is 9.99. The van der Waals surface area contributed by atoms with E-state index in [-0.39, 0.29) is 5.82 Å². The predicted octanol–water partition coefficient (Wildman–Crippen LogP) is 6.46. The van der Waals surface area contributed by atoms with Crippen molar-refractivity contribution in [3.63, 3.8) is 0 Å². The molecule has 0 fully saturated rings.